The van der Waals surface area contributed by atoms with Gasteiger partial charge in [0.15, 0.2) is 0 Å². The third-order valence-corrected chi connectivity index (χ3v) is 5.00. The Balaban J connectivity index is 1.42. The molecule has 2 heterocycles. The second kappa shape index (κ2) is 9.53. The van der Waals surface area contributed by atoms with E-state index in [2.05, 4.69) is 4.98 Å². The summed E-state index contributed by atoms with van der Waals surface area (Å²) < 4.78 is 55.2. The number of nitrogens with one attached hydrogen (secondary N) is 1. The van der Waals surface area contributed by atoms with Gasteiger partial charge in [0.25, 0.3) is 0 Å². The third-order valence-electron chi connectivity index (χ3n) is 5.00. The highest BCUT2D eigenvalue weighted by Crippen LogP contribution is 2.31. The van der Waals surface area contributed by atoms with Crippen LogP contribution in [0.1, 0.15) is 35.3 Å². The fourth-order valence-corrected chi connectivity index (χ4v) is 3.31. The fraction of sp³-hybridized carbons (Fsp3) is 0.208. The molecule has 4 rings (SSSR count). The Morgan fingerprint density at radius 2 is 1.91 bits per heavy atom. The second-order valence-electron chi connectivity index (χ2n) is 7.82. The zero-order valence-corrected chi connectivity index (χ0v) is 18.6. The number of nitrogens with zero attached hydrogens (tertiary/aromatic N) is 2. The van der Waals surface area contributed by atoms with E-state index in [1.807, 2.05) is 24.0 Å². The van der Waals surface area contributed by atoms with Crippen molar-refractivity contribution >= 4 is 6.08 Å². The molecule has 8 nitrogen and oxygen atoms in total. The number of alkyl halides is 3. The Labute approximate surface area is 196 Å². The van der Waals surface area contributed by atoms with Gasteiger partial charge in [-0.3, -0.25) is 0 Å². The molecular weight excluding hydrogens is 467 g/mol. The molecule has 0 aliphatic heterocycles. The summed E-state index contributed by atoms with van der Waals surface area (Å²) in [4.78, 5) is 29.1. The lowest BCUT2D eigenvalue weighted by atomic mass is 10.1. The molecule has 1 atom stereocenters. The van der Waals surface area contributed by atoms with Crippen LogP contribution in [0.5, 0.6) is 5.75 Å². The predicted octanol–water partition coefficient (Wildman–Crippen LogP) is 4.97. The number of benzene rings is 2. The van der Waals surface area contributed by atoms with Crippen molar-refractivity contribution in [1.82, 2.24) is 14.7 Å². The molecular formula is C24H20F3N3O5. The minimum absolute atomic E-state index is 0.0804. The molecule has 0 spiro atoms. The van der Waals surface area contributed by atoms with Gasteiger partial charge in [-0.1, -0.05) is 18.2 Å². The van der Waals surface area contributed by atoms with E-state index in [4.69, 9.17) is 13.7 Å². The van der Waals surface area contributed by atoms with Crippen LogP contribution in [0.3, 0.4) is 0 Å². The van der Waals surface area contributed by atoms with Crippen molar-refractivity contribution in [2.45, 2.75) is 32.7 Å². The highest BCUT2D eigenvalue weighted by Gasteiger charge is 2.30. The van der Waals surface area contributed by atoms with E-state index in [0.717, 1.165) is 28.0 Å². The van der Waals surface area contributed by atoms with Gasteiger partial charge < -0.3 is 13.7 Å². The molecule has 2 aromatic heterocycles. The van der Waals surface area contributed by atoms with Crippen molar-refractivity contribution in [3.8, 4) is 17.2 Å². The molecule has 182 valence electrons. The van der Waals surface area contributed by atoms with Gasteiger partial charge in [-0.2, -0.15) is 13.2 Å². The Morgan fingerprint density at radius 1 is 1.17 bits per heavy atom. The van der Waals surface area contributed by atoms with Gasteiger partial charge in [-0.15, -0.1) is 4.74 Å². The summed E-state index contributed by atoms with van der Waals surface area (Å²) in [5.41, 5.74) is 1.21. The van der Waals surface area contributed by atoms with Crippen LogP contribution in [0.2, 0.25) is 0 Å². The molecule has 0 fully saturated rings. The molecule has 0 amide bonds. The Kier molecular flexibility index (Phi) is 6.50. The molecule has 4 aromatic rings. The average Bonchev–Trinajstić information content (AvgIpc) is 3.41. The van der Waals surface area contributed by atoms with E-state index in [0.29, 0.717) is 17.0 Å². The summed E-state index contributed by atoms with van der Waals surface area (Å²) in [5, 5.41) is 0. The summed E-state index contributed by atoms with van der Waals surface area (Å²) in [6.45, 7) is 3.67. The van der Waals surface area contributed by atoms with Crippen molar-refractivity contribution in [2.24, 2.45) is 0 Å². The number of allylic oxidation sites excluding steroid dienone is 1. The topological polar surface area (TPSA) is 103 Å². The Morgan fingerprint density at radius 3 is 2.57 bits per heavy atom. The summed E-state index contributed by atoms with van der Waals surface area (Å²) >= 11 is 0. The SMILES string of the molecule is Cc1cc(/C=C/C(C)n2oc(=O)[nH]c2=O)cc(OCc2coc(-c3ccc(C(F)(F)F)cc3)n2)c1. The lowest BCUT2D eigenvalue weighted by molar-refractivity contribution is -0.137. The van der Waals surface area contributed by atoms with Crippen LogP contribution in [0.15, 0.2) is 73.3 Å². The number of rotatable bonds is 7. The second-order valence-corrected chi connectivity index (χ2v) is 7.82. The Bertz CT molecular complexity index is 1460. The van der Waals surface area contributed by atoms with Crippen LogP contribution in [0.25, 0.3) is 17.5 Å². The Hall–Kier alpha value is -4.28. The smallest absolute Gasteiger partial charge is 0.440 e. The van der Waals surface area contributed by atoms with Gasteiger partial charge in [-0.25, -0.2) is 19.6 Å². The lowest BCUT2D eigenvalue weighted by Gasteiger charge is -2.08. The van der Waals surface area contributed by atoms with Crippen molar-refractivity contribution in [3.05, 3.63) is 98.2 Å². The van der Waals surface area contributed by atoms with Crippen molar-refractivity contribution in [1.29, 1.82) is 0 Å². The molecule has 0 saturated carbocycles. The first-order chi connectivity index (χ1) is 16.6. The number of ether oxygens (including phenoxy) is 1. The molecule has 0 bridgehead atoms. The van der Waals surface area contributed by atoms with Crippen LogP contribution in [0.4, 0.5) is 13.2 Å². The van der Waals surface area contributed by atoms with E-state index in [9.17, 15) is 22.8 Å². The highest BCUT2D eigenvalue weighted by molar-refractivity contribution is 5.55. The number of aromatic amines is 1. The van der Waals surface area contributed by atoms with Gasteiger partial charge in [0, 0.05) is 5.56 Å². The van der Waals surface area contributed by atoms with Crippen molar-refractivity contribution in [3.63, 3.8) is 0 Å². The third kappa shape index (κ3) is 5.81. The maximum Gasteiger partial charge on any atom is 0.440 e. The van der Waals surface area contributed by atoms with E-state index in [-0.39, 0.29) is 12.5 Å². The number of halogens is 3. The average molecular weight is 487 g/mol. The molecule has 1 unspecified atom stereocenters. The van der Waals surface area contributed by atoms with Gasteiger partial charge in [0.05, 0.1) is 11.6 Å². The zero-order chi connectivity index (χ0) is 25.2. The molecule has 0 aliphatic rings. The van der Waals surface area contributed by atoms with Crippen LogP contribution < -0.4 is 16.2 Å². The molecule has 0 radical (unpaired) electrons. The monoisotopic (exact) mass is 487 g/mol. The first-order valence-corrected chi connectivity index (χ1v) is 10.5. The molecule has 1 N–H and O–H groups in total. The van der Waals surface area contributed by atoms with Crippen molar-refractivity contribution in [2.75, 3.05) is 0 Å². The fourth-order valence-electron chi connectivity index (χ4n) is 3.31. The number of aryl methyl sites for hydroxylation is 1. The maximum atomic E-state index is 12.7. The molecule has 0 saturated heterocycles. The first-order valence-electron chi connectivity index (χ1n) is 10.5. The highest BCUT2D eigenvalue weighted by atomic mass is 19.4. The number of hydrogen-bond donors (Lipinski definition) is 1. The van der Waals surface area contributed by atoms with Gasteiger partial charge in [-0.05, 0) is 61.4 Å². The molecule has 11 heteroatoms. The van der Waals surface area contributed by atoms with Crippen LogP contribution in [-0.2, 0) is 12.8 Å². The van der Waals surface area contributed by atoms with E-state index in [1.165, 1.54) is 18.4 Å². The minimum Gasteiger partial charge on any atom is -0.487 e. The number of aromatic nitrogens is 3. The number of oxazole rings is 1. The van der Waals surface area contributed by atoms with Gasteiger partial charge >= 0.3 is 17.6 Å². The van der Waals surface area contributed by atoms with Gasteiger partial charge in [0.1, 0.15) is 24.3 Å². The molecule has 0 aliphatic carbocycles. The predicted molar refractivity (Wildman–Crippen MR) is 120 cm³/mol. The van der Waals surface area contributed by atoms with E-state index in [1.54, 1.807) is 25.1 Å². The van der Waals surface area contributed by atoms with Crippen LogP contribution in [-0.4, -0.2) is 14.7 Å². The molecule has 35 heavy (non-hydrogen) atoms. The number of hydrogen-bond acceptors (Lipinski definition) is 6. The van der Waals surface area contributed by atoms with Crippen LogP contribution in [0, 0.1) is 6.92 Å². The number of H-pyrrole nitrogens is 1. The zero-order valence-electron chi connectivity index (χ0n) is 18.6. The van der Waals surface area contributed by atoms with E-state index >= 15 is 0 Å². The first kappa shape index (κ1) is 23.9. The van der Waals surface area contributed by atoms with Crippen molar-refractivity contribution < 1.29 is 26.8 Å². The quantitative estimate of drug-likeness (QED) is 0.395. The standard InChI is InChI=1S/C24H20F3N3O5/c1-14-9-16(4-3-15(2)30-22(31)29-23(32)35-30)11-20(10-14)33-12-19-13-34-21(28-19)17-5-7-18(8-6-17)24(25,26)27/h3-11,13,15H,12H2,1-2H3,(H,29,31,32)/b4-3+. The summed E-state index contributed by atoms with van der Waals surface area (Å²) in [5.74, 6) is -0.0802. The summed E-state index contributed by atoms with van der Waals surface area (Å²) in [6.07, 6.45) is 0.435. The summed E-state index contributed by atoms with van der Waals surface area (Å²) in [7, 11) is 0. The maximum absolute atomic E-state index is 12.7. The molecule has 2 aromatic carbocycles. The lowest BCUT2D eigenvalue weighted by Crippen LogP contribution is -2.18. The van der Waals surface area contributed by atoms with Gasteiger partial charge in [0.2, 0.25) is 5.89 Å². The largest absolute Gasteiger partial charge is 0.487 e. The van der Waals surface area contributed by atoms with E-state index < -0.39 is 29.2 Å². The normalized spacial score (nSPS) is 12.8. The minimum atomic E-state index is -4.41. The summed E-state index contributed by atoms with van der Waals surface area (Å²) in [6, 6.07) is 9.56. The van der Waals surface area contributed by atoms with Crippen LogP contribution >= 0.6 is 0 Å².